The summed E-state index contributed by atoms with van der Waals surface area (Å²) in [5.74, 6) is 2.47. The summed E-state index contributed by atoms with van der Waals surface area (Å²) in [6.07, 6.45) is 7.56. The molecule has 0 amide bonds. The molecule has 5 nitrogen and oxygen atoms in total. The lowest BCUT2D eigenvalue weighted by molar-refractivity contribution is -0.0222. The zero-order valence-electron chi connectivity index (χ0n) is 12.0. The average Bonchev–Trinajstić information content (AvgIpc) is 2.88. The molecule has 3 rings (SSSR count). The van der Waals surface area contributed by atoms with E-state index in [4.69, 9.17) is 15.0 Å². The van der Waals surface area contributed by atoms with Crippen LogP contribution in [0.5, 0.6) is 0 Å². The van der Waals surface area contributed by atoms with Gasteiger partial charge in [-0.25, -0.2) is 0 Å². The molecule has 2 unspecified atom stereocenters. The molecule has 2 aliphatic rings. The summed E-state index contributed by atoms with van der Waals surface area (Å²) in [4.78, 5) is 4.52. The highest BCUT2D eigenvalue weighted by molar-refractivity contribution is 7.99. The SMILES string of the molecule is CC(N)(COC1CCC1)c1noc(C2CCCCS2)n1. The second kappa shape index (κ2) is 6.03. The standard InChI is InChI=1S/C14H23N3O2S/c1-14(15,9-18-10-5-4-6-10)13-16-12(19-17-13)11-7-2-3-8-20-11/h10-11H,2-9,15H2,1H3. The van der Waals surface area contributed by atoms with E-state index in [0.29, 0.717) is 23.8 Å². The lowest BCUT2D eigenvalue weighted by Crippen LogP contribution is -2.41. The largest absolute Gasteiger partial charge is 0.376 e. The van der Waals surface area contributed by atoms with Gasteiger partial charge >= 0.3 is 0 Å². The summed E-state index contributed by atoms with van der Waals surface area (Å²) in [7, 11) is 0. The molecule has 0 radical (unpaired) electrons. The third-order valence-corrected chi connectivity index (χ3v) is 5.44. The average molecular weight is 297 g/mol. The van der Waals surface area contributed by atoms with Crippen LogP contribution in [0.1, 0.15) is 62.4 Å². The number of ether oxygens (including phenoxy) is 1. The molecule has 20 heavy (non-hydrogen) atoms. The Morgan fingerprint density at radius 3 is 2.85 bits per heavy atom. The number of aromatic nitrogens is 2. The van der Waals surface area contributed by atoms with Gasteiger partial charge in [-0.05, 0) is 44.8 Å². The van der Waals surface area contributed by atoms with Crippen LogP contribution in [-0.4, -0.2) is 28.6 Å². The Morgan fingerprint density at radius 2 is 2.20 bits per heavy atom. The molecule has 2 N–H and O–H groups in total. The normalized spacial score (nSPS) is 27.0. The van der Waals surface area contributed by atoms with Gasteiger partial charge in [-0.1, -0.05) is 11.6 Å². The molecule has 6 heteroatoms. The highest BCUT2D eigenvalue weighted by Gasteiger charge is 2.32. The van der Waals surface area contributed by atoms with Gasteiger partial charge in [0.05, 0.1) is 18.0 Å². The first kappa shape index (κ1) is 14.4. The van der Waals surface area contributed by atoms with E-state index in [1.807, 2.05) is 18.7 Å². The van der Waals surface area contributed by atoms with Crippen molar-refractivity contribution in [2.75, 3.05) is 12.4 Å². The van der Waals surface area contributed by atoms with E-state index < -0.39 is 5.54 Å². The number of hydrogen-bond donors (Lipinski definition) is 1. The van der Waals surface area contributed by atoms with Crippen LogP contribution < -0.4 is 5.73 Å². The molecule has 0 bridgehead atoms. The molecule has 1 saturated heterocycles. The van der Waals surface area contributed by atoms with Gasteiger partial charge in [0.1, 0.15) is 5.54 Å². The van der Waals surface area contributed by atoms with E-state index in [2.05, 4.69) is 10.1 Å². The van der Waals surface area contributed by atoms with Crippen molar-refractivity contribution in [1.29, 1.82) is 0 Å². The van der Waals surface area contributed by atoms with E-state index in [1.165, 1.54) is 25.0 Å². The molecule has 2 atom stereocenters. The molecule has 1 aliphatic heterocycles. The molecule has 1 aromatic heterocycles. The molecule has 0 spiro atoms. The zero-order valence-corrected chi connectivity index (χ0v) is 12.8. The van der Waals surface area contributed by atoms with Crippen LogP contribution in [0.15, 0.2) is 4.52 Å². The Bertz CT molecular complexity index is 439. The summed E-state index contributed by atoms with van der Waals surface area (Å²) in [6, 6.07) is 0. The van der Waals surface area contributed by atoms with Crippen LogP contribution in [-0.2, 0) is 10.3 Å². The third kappa shape index (κ3) is 3.18. The smallest absolute Gasteiger partial charge is 0.239 e. The first-order valence-electron chi connectivity index (χ1n) is 7.51. The molecular formula is C14H23N3O2S. The topological polar surface area (TPSA) is 74.2 Å². The van der Waals surface area contributed by atoms with E-state index in [9.17, 15) is 0 Å². The molecule has 1 aliphatic carbocycles. The maximum absolute atomic E-state index is 6.29. The first-order chi connectivity index (χ1) is 9.65. The summed E-state index contributed by atoms with van der Waals surface area (Å²) in [5, 5.41) is 4.42. The highest BCUT2D eigenvalue weighted by Crippen LogP contribution is 2.37. The fraction of sp³-hybridized carbons (Fsp3) is 0.857. The van der Waals surface area contributed by atoms with Crippen LogP contribution in [0.2, 0.25) is 0 Å². The summed E-state index contributed by atoms with van der Waals surface area (Å²) < 4.78 is 11.2. The maximum Gasteiger partial charge on any atom is 0.239 e. The van der Waals surface area contributed by atoms with Crippen LogP contribution in [0.3, 0.4) is 0 Å². The van der Waals surface area contributed by atoms with Gasteiger partial charge in [-0.15, -0.1) is 11.8 Å². The van der Waals surface area contributed by atoms with Crippen molar-refractivity contribution >= 4 is 11.8 Å². The first-order valence-corrected chi connectivity index (χ1v) is 8.56. The van der Waals surface area contributed by atoms with Crippen molar-refractivity contribution < 1.29 is 9.26 Å². The third-order valence-electron chi connectivity index (χ3n) is 4.08. The number of rotatable bonds is 5. The van der Waals surface area contributed by atoms with Crippen LogP contribution >= 0.6 is 11.8 Å². The van der Waals surface area contributed by atoms with Crippen LogP contribution in [0.25, 0.3) is 0 Å². The molecule has 112 valence electrons. The van der Waals surface area contributed by atoms with Gasteiger partial charge in [0, 0.05) is 0 Å². The molecule has 0 aromatic carbocycles. The van der Waals surface area contributed by atoms with Gasteiger partial charge in [0.2, 0.25) is 5.89 Å². The van der Waals surface area contributed by atoms with Gasteiger partial charge < -0.3 is 15.0 Å². The number of nitrogens with two attached hydrogens (primary N) is 1. The summed E-state index contributed by atoms with van der Waals surface area (Å²) >= 11 is 1.90. The van der Waals surface area contributed by atoms with Crippen LogP contribution in [0.4, 0.5) is 0 Å². The second-order valence-corrected chi connectivity index (χ2v) is 7.40. The lowest BCUT2D eigenvalue weighted by Gasteiger charge is -2.29. The predicted octanol–water partition coefficient (Wildman–Crippen LogP) is 2.77. The minimum Gasteiger partial charge on any atom is -0.376 e. The van der Waals surface area contributed by atoms with Crippen molar-refractivity contribution in [2.24, 2.45) is 5.73 Å². The molecule has 1 aromatic rings. The van der Waals surface area contributed by atoms with E-state index >= 15 is 0 Å². The van der Waals surface area contributed by atoms with Crippen molar-refractivity contribution in [3.8, 4) is 0 Å². The Hall–Kier alpha value is -0.590. The molecule has 1 saturated carbocycles. The van der Waals surface area contributed by atoms with Crippen molar-refractivity contribution in [1.82, 2.24) is 10.1 Å². The Morgan fingerprint density at radius 1 is 1.35 bits per heavy atom. The Kier molecular flexibility index (Phi) is 4.33. The number of thioether (sulfide) groups is 1. The molecule has 2 fully saturated rings. The molecule has 2 heterocycles. The van der Waals surface area contributed by atoms with Crippen molar-refractivity contribution in [3.63, 3.8) is 0 Å². The van der Waals surface area contributed by atoms with Gasteiger partial charge in [-0.2, -0.15) is 4.98 Å². The van der Waals surface area contributed by atoms with E-state index in [1.54, 1.807) is 0 Å². The van der Waals surface area contributed by atoms with Crippen molar-refractivity contribution in [2.45, 2.75) is 62.3 Å². The Balaban J connectivity index is 1.61. The van der Waals surface area contributed by atoms with E-state index in [0.717, 1.165) is 25.2 Å². The zero-order chi connectivity index (χ0) is 14.0. The summed E-state index contributed by atoms with van der Waals surface area (Å²) in [5.41, 5.74) is 5.62. The lowest BCUT2D eigenvalue weighted by atomic mass is 9.95. The van der Waals surface area contributed by atoms with E-state index in [-0.39, 0.29) is 0 Å². The molecular weight excluding hydrogens is 274 g/mol. The predicted molar refractivity (Wildman–Crippen MR) is 78.5 cm³/mol. The monoisotopic (exact) mass is 297 g/mol. The Labute approximate surface area is 124 Å². The van der Waals surface area contributed by atoms with Crippen molar-refractivity contribution in [3.05, 3.63) is 11.7 Å². The van der Waals surface area contributed by atoms with Gasteiger partial charge in [-0.3, -0.25) is 0 Å². The second-order valence-electron chi connectivity index (χ2n) is 6.09. The highest BCUT2D eigenvalue weighted by atomic mass is 32.2. The maximum atomic E-state index is 6.29. The fourth-order valence-electron chi connectivity index (χ4n) is 2.43. The van der Waals surface area contributed by atoms with Gasteiger partial charge in [0.25, 0.3) is 0 Å². The fourth-order valence-corrected chi connectivity index (χ4v) is 3.65. The number of nitrogens with zero attached hydrogens (tertiary/aromatic N) is 2. The number of hydrogen-bond acceptors (Lipinski definition) is 6. The van der Waals surface area contributed by atoms with Gasteiger partial charge in [0.15, 0.2) is 5.82 Å². The minimum absolute atomic E-state index is 0.341. The minimum atomic E-state index is -0.670. The summed E-state index contributed by atoms with van der Waals surface area (Å²) in [6.45, 7) is 2.36. The quantitative estimate of drug-likeness (QED) is 0.900. The van der Waals surface area contributed by atoms with Crippen LogP contribution in [0, 0.1) is 0 Å².